The van der Waals surface area contributed by atoms with Crippen molar-refractivity contribution in [3.05, 3.63) is 41.9 Å². The Hall–Kier alpha value is -0.440. The number of hydrogen-bond acceptors (Lipinski definition) is 2. The number of benzene rings is 1. The molecule has 0 aliphatic heterocycles. The second-order valence-corrected chi connectivity index (χ2v) is 4.81. The second-order valence-electron chi connectivity index (χ2n) is 3.28. The third-order valence-corrected chi connectivity index (χ3v) is 3.50. The van der Waals surface area contributed by atoms with E-state index in [1.165, 1.54) is 4.90 Å². The van der Waals surface area contributed by atoms with Gasteiger partial charge in [-0.3, -0.25) is 0 Å². The summed E-state index contributed by atoms with van der Waals surface area (Å²) in [5, 5.41) is 4.06. The Morgan fingerprint density at radius 2 is 2.40 bits per heavy atom. The van der Waals surface area contributed by atoms with Crippen LogP contribution < -0.4 is 5.32 Å². The minimum absolute atomic E-state index is 0.478. The van der Waals surface area contributed by atoms with Gasteiger partial charge in [0.15, 0.2) is 0 Å². The summed E-state index contributed by atoms with van der Waals surface area (Å²) in [6.07, 6.45) is 2.93. The molecule has 0 heterocycles. The highest BCUT2D eigenvalue weighted by Crippen LogP contribution is 2.22. The Balaban J connectivity index is 2.44. The normalized spacial score (nSPS) is 12.4. The molecule has 1 aromatic carbocycles. The predicted octanol–water partition coefficient (Wildman–Crippen LogP) is 3.60. The molecule has 0 radical (unpaired) electrons. The SMILES string of the molecule is C=CCC(CSc1cccc(Cl)c1)NC. The van der Waals surface area contributed by atoms with Crippen molar-refractivity contribution in [2.45, 2.75) is 17.4 Å². The van der Waals surface area contributed by atoms with Crippen LogP contribution in [0.15, 0.2) is 41.8 Å². The van der Waals surface area contributed by atoms with Crippen LogP contribution in [0.1, 0.15) is 6.42 Å². The van der Waals surface area contributed by atoms with Crippen molar-refractivity contribution >= 4 is 23.4 Å². The van der Waals surface area contributed by atoms with Crippen LogP contribution in [0.4, 0.5) is 0 Å². The maximum Gasteiger partial charge on any atom is 0.0417 e. The molecule has 1 atom stereocenters. The molecular weight excluding hydrogens is 226 g/mol. The lowest BCUT2D eigenvalue weighted by Crippen LogP contribution is -2.26. The Bertz CT molecular complexity index is 314. The maximum absolute atomic E-state index is 5.91. The van der Waals surface area contributed by atoms with E-state index in [0.29, 0.717) is 6.04 Å². The molecule has 0 saturated heterocycles. The maximum atomic E-state index is 5.91. The van der Waals surface area contributed by atoms with Crippen LogP contribution >= 0.6 is 23.4 Å². The number of nitrogens with one attached hydrogen (secondary N) is 1. The predicted molar refractivity (Wildman–Crippen MR) is 69.8 cm³/mol. The molecule has 3 heteroatoms. The lowest BCUT2D eigenvalue weighted by molar-refractivity contribution is 0.629. The summed E-state index contributed by atoms with van der Waals surface area (Å²) in [5.41, 5.74) is 0. The zero-order chi connectivity index (χ0) is 11.1. The summed E-state index contributed by atoms with van der Waals surface area (Å²) >= 11 is 7.72. The van der Waals surface area contributed by atoms with E-state index < -0.39 is 0 Å². The topological polar surface area (TPSA) is 12.0 Å². The van der Waals surface area contributed by atoms with Crippen molar-refractivity contribution in [1.29, 1.82) is 0 Å². The van der Waals surface area contributed by atoms with Gasteiger partial charge >= 0.3 is 0 Å². The van der Waals surface area contributed by atoms with Gasteiger partial charge in [0.05, 0.1) is 0 Å². The van der Waals surface area contributed by atoms with E-state index in [1.54, 1.807) is 0 Å². The number of thioether (sulfide) groups is 1. The van der Waals surface area contributed by atoms with Gasteiger partial charge in [-0.2, -0.15) is 0 Å². The quantitative estimate of drug-likeness (QED) is 0.603. The molecule has 1 aromatic rings. The van der Waals surface area contributed by atoms with Crippen molar-refractivity contribution in [2.24, 2.45) is 0 Å². The largest absolute Gasteiger partial charge is 0.316 e. The average Bonchev–Trinajstić information content (AvgIpc) is 2.24. The third-order valence-electron chi connectivity index (χ3n) is 2.11. The van der Waals surface area contributed by atoms with Crippen LogP contribution in [-0.4, -0.2) is 18.8 Å². The van der Waals surface area contributed by atoms with Crippen molar-refractivity contribution in [1.82, 2.24) is 5.32 Å². The summed E-state index contributed by atoms with van der Waals surface area (Å²) in [4.78, 5) is 1.21. The van der Waals surface area contributed by atoms with Gasteiger partial charge in [0.2, 0.25) is 0 Å². The fourth-order valence-corrected chi connectivity index (χ4v) is 2.56. The summed E-state index contributed by atoms with van der Waals surface area (Å²) in [6.45, 7) is 3.75. The number of halogens is 1. The molecule has 82 valence electrons. The van der Waals surface area contributed by atoms with Crippen LogP contribution in [0, 0.1) is 0 Å². The standard InChI is InChI=1S/C12H16ClNS/c1-3-5-11(14-2)9-15-12-7-4-6-10(13)8-12/h3-4,6-8,11,14H,1,5,9H2,2H3. The lowest BCUT2D eigenvalue weighted by Gasteiger charge is -2.13. The van der Waals surface area contributed by atoms with Gasteiger partial charge in [-0.15, -0.1) is 18.3 Å². The summed E-state index contributed by atoms with van der Waals surface area (Å²) < 4.78 is 0. The van der Waals surface area contributed by atoms with E-state index in [2.05, 4.69) is 18.0 Å². The first-order valence-electron chi connectivity index (χ1n) is 4.92. The van der Waals surface area contributed by atoms with Crippen LogP contribution in [0.3, 0.4) is 0 Å². The molecule has 1 rings (SSSR count). The highest BCUT2D eigenvalue weighted by atomic mass is 35.5. The molecule has 0 aromatic heterocycles. The van der Waals surface area contributed by atoms with Gasteiger partial charge in [0.25, 0.3) is 0 Å². The third kappa shape index (κ3) is 4.74. The zero-order valence-electron chi connectivity index (χ0n) is 8.87. The van der Waals surface area contributed by atoms with Gasteiger partial charge in [0, 0.05) is 21.7 Å². The van der Waals surface area contributed by atoms with Gasteiger partial charge in [-0.25, -0.2) is 0 Å². The van der Waals surface area contributed by atoms with Crippen LogP contribution in [-0.2, 0) is 0 Å². The summed E-state index contributed by atoms with van der Waals surface area (Å²) in [7, 11) is 1.98. The highest BCUT2D eigenvalue weighted by Gasteiger charge is 2.04. The Kier molecular flexibility index (Phi) is 5.84. The molecule has 0 fully saturated rings. The Morgan fingerprint density at radius 1 is 1.60 bits per heavy atom. The number of rotatable bonds is 6. The molecule has 1 N–H and O–H groups in total. The van der Waals surface area contributed by atoms with Crippen molar-refractivity contribution in [3.63, 3.8) is 0 Å². The Morgan fingerprint density at radius 3 is 3.00 bits per heavy atom. The van der Waals surface area contributed by atoms with Gasteiger partial charge in [0.1, 0.15) is 0 Å². The molecule has 0 spiro atoms. The molecule has 0 bridgehead atoms. The minimum Gasteiger partial charge on any atom is -0.316 e. The minimum atomic E-state index is 0.478. The highest BCUT2D eigenvalue weighted by molar-refractivity contribution is 7.99. The molecule has 0 saturated carbocycles. The van der Waals surface area contributed by atoms with E-state index >= 15 is 0 Å². The van der Waals surface area contributed by atoms with Crippen LogP contribution in [0.25, 0.3) is 0 Å². The van der Waals surface area contributed by atoms with E-state index in [9.17, 15) is 0 Å². The van der Waals surface area contributed by atoms with E-state index in [1.807, 2.05) is 43.1 Å². The molecule has 0 aliphatic rings. The van der Waals surface area contributed by atoms with Gasteiger partial charge < -0.3 is 5.32 Å². The van der Waals surface area contributed by atoms with Crippen LogP contribution in [0.2, 0.25) is 5.02 Å². The lowest BCUT2D eigenvalue weighted by atomic mass is 10.2. The smallest absolute Gasteiger partial charge is 0.0417 e. The van der Waals surface area contributed by atoms with E-state index in [-0.39, 0.29) is 0 Å². The van der Waals surface area contributed by atoms with Crippen LogP contribution in [0.5, 0.6) is 0 Å². The molecule has 0 amide bonds. The fraction of sp³-hybridized carbons (Fsp3) is 0.333. The molecule has 15 heavy (non-hydrogen) atoms. The summed E-state index contributed by atoms with van der Waals surface area (Å²) in [5.74, 6) is 1.03. The molecule has 0 aliphatic carbocycles. The fourth-order valence-electron chi connectivity index (χ4n) is 1.22. The van der Waals surface area contributed by atoms with Crippen molar-refractivity contribution in [3.8, 4) is 0 Å². The van der Waals surface area contributed by atoms with Gasteiger partial charge in [-0.1, -0.05) is 23.7 Å². The van der Waals surface area contributed by atoms with Crippen molar-refractivity contribution in [2.75, 3.05) is 12.8 Å². The number of hydrogen-bond donors (Lipinski definition) is 1. The average molecular weight is 242 g/mol. The first-order valence-corrected chi connectivity index (χ1v) is 6.29. The molecule has 1 nitrogen and oxygen atoms in total. The first-order chi connectivity index (χ1) is 7.26. The first kappa shape index (κ1) is 12.6. The molecular formula is C12H16ClNS. The van der Waals surface area contributed by atoms with Crippen molar-refractivity contribution < 1.29 is 0 Å². The Labute approximate surface area is 101 Å². The van der Waals surface area contributed by atoms with Gasteiger partial charge in [-0.05, 0) is 31.7 Å². The second kappa shape index (κ2) is 6.94. The zero-order valence-corrected chi connectivity index (χ0v) is 10.4. The van der Waals surface area contributed by atoms with E-state index in [4.69, 9.17) is 11.6 Å². The van der Waals surface area contributed by atoms with E-state index in [0.717, 1.165) is 17.2 Å². The molecule has 1 unspecified atom stereocenters. The summed E-state index contributed by atoms with van der Waals surface area (Å²) in [6, 6.07) is 8.42. The monoisotopic (exact) mass is 241 g/mol.